The van der Waals surface area contributed by atoms with E-state index >= 15 is 0 Å². The van der Waals surface area contributed by atoms with Crippen molar-refractivity contribution in [2.75, 3.05) is 4.43 Å². The van der Waals surface area contributed by atoms with Gasteiger partial charge in [0.2, 0.25) is 5.91 Å². The predicted molar refractivity (Wildman–Crippen MR) is 77.2 cm³/mol. The van der Waals surface area contributed by atoms with Crippen molar-refractivity contribution in [3.63, 3.8) is 0 Å². The highest BCUT2D eigenvalue weighted by atomic mass is 127. The van der Waals surface area contributed by atoms with Gasteiger partial charge in [-0.2, -0.15) is 13.2 Å². The first-order valence-electron chi connectivity index (χ1n) is 6.68. The third-order valence-corrected chi connectivity index (χ3v) is 4.81. The zero-order valence-corrected chi connectivity index (χ0v) is 13.4. The van der Waals surface area contributed by atoms with E-state index in [0.717, 1.165) is 4.43 Å². The largest absolute Gasteiger partial charge is 0.391 e. The van der Waals surface area contributed by atoms with Crippen LogP contribution in [0.3, 0.4) is 0 Å². The SMILES string of the molecule is CC(C)C(CI)NC(=O)C1CCC(C(F)(F)F)CC1. The number of nitrogens with one attached hydrogen (secondary N) is 1. The van der Waals surface area contributed by atoms with Gasteiger partial charge in [-0.1, -0.05) is 36.4 Å². The molecule has 0 radical (unpaired) electrons. The molecule has 19 heavy (non-hydrogen) atoms. The molecule has 0 spiro atoms. The summed E-state index contributed by atoms with van der Waals surface area (Å²) in [6, 6.07) is 0.105. The number of halogens is 4. The Balaban J connectivity index is 2.45. The van der Waals surface area contributed by atoms with Crippen molar-refractivity contribution >= 4 is 28.5 Å². The lowest BCUT2D eigenvalue weighted by atomic mass is 9.81. The van der Waals surface area contributed by atoms with Gasteiger partial charge >= 0.3 is 6.18 Å². The molecular weight excluding hydrogens is 370 g/mol. The number of amides is 1. The van der Waals surface area contributed by atoms with Crippen LogP contribution in [0, 0.1) is 17.8 Å². The fraction of sp³-hybridized carbons (Fsp3) is 0.923. The Hall–Kier alpha value is -0.0100. The average molecular weight is 391 g/mol. The first-order valence-corrected chi connectivity index (χ1v) is 8.21. The summed E-state index contributed by atoms with van der Waals surface area (Å²) in [5, 5.41) is 2.96. The van der Waals surface area contributed by atoms with Crippen LogP contribution in [0.2, 0.25) is 0 Å². The minimum atomic E-state index is -4.11. The first kappa shape index (κ1) is 17.0. The number of hydrogen-bond acceptors (Lipinski definition) is 1. The fourth-order valence-electron chi connectivity index (χ4n) is 2.37. The van der Waals surface area contributed by atoms with Crippen molar-refractivity contribution < 1.29 is 18.0 Å². The van der Waals surface area contributed by atoms with E-state index < -0.39 is 12.1 Å². The topological polar surface area (TPSA) is 29.1 Å². The normalized spacial score (nSPS) is 26.3. The summed E-state index contributed by atoms with van der Waals surface area (Å²) in [7, 11) is 0. The van der Waals surface area contributed by atoms with Crippen LogP contribution in [0.5, 0.6) is 0 Å². The molecule has 1 amide bonds. The van der Waals surface area contributed by atoms with Crippen molar-refractivity contribution in [3.8, 4) is 0 Å². The maximum atomic E-state index is 12.5. The van der Waals surface area contributed by atoms with Crippen LogP contribution in [0.1, 0.15) is 39.5 Å². The predicted octanol–water partition coefficient (Wildman–Crippen LogP) is 3.93. The van der Waals surface area contributed by atoms with Crippen LogP contribution in [-0.2, 0) is 4.79 Å². The monoisotopic (exact) mass is 391 g/mol. The minimum absolute atomic E-state index is 0.0732. The van der Waals surface area contributed by atoms with Gasteiger partial charge in [0.25, 0.3) is 0 Å². The zero-order chi connectivity index (χ0) is 14.6. The molecule has 0 aliphatic heterocycles. The number of alkyl halides is 4. The van der Waals surface area contributed by atoms with E-state index in [-0.39, 0.29) is 30.7 Å². The lowest BCUT2D eigenvalue weighted by Gasteiger charge is -2.30. The van der Waals surface area contributed by atoms with Crippen molar-refractivity contribution in [3.05, 3.63) is 0 Å². The van der Waals surface area contributed by atoms with Gasteiger partial charge in [-0.15, -0.1) is 0 Å². The molecule has 0 heterocycles. The highest BCUT2D eigenvalue weighted by molar-refractivity contribution is 14.1. The molecule has 1 aliphatic rings. The summed E-state index contributed by atoms with van der Waals surface area (Å²) in [6.07, 6.45) is -3.25. The summed E-state index contributed by atoms with van der Waals surface area (Å²) < 4.78 is 38.4. The second-order valence-corrected chi connectivity index (χ2v) is 6.48. The van der Waals surface area contributed by atoms with E-state index in [4.69, 9.17) is 0 Å². The third-order valence-electron chi connectivity index (χ3n) is 3.86. The van der Waals surface area contributed by atoms with Gasteiger partial charge in [0.1, 0.15) is 0 Å². The quantitative estimate of drug-likeness (QED) is 0.571. The summed E-state index contributed by atoms with van der Waals surface area (Å²) in [5.41, 5.74) is 0. The molecule has 1 atom stereocenters. The molecule has 2 nitrogen and oxygen atoms in total. The van der Waals surface area contributed by atoms with Crippen LogP contribution < -0.4 is 5.32 Å². The maximum Gasteiger partial charge on any atom is 0.391 e. The van der Waals surface area contributed by atoms with Crippen LogP contribution in [0.25, 0.3) is 0 Å². The molecule has 0 aromatic rings. The Labute approximate surface area is 126 Å². The molecule has 6 heteroatoms. The molecule has 112 valence electrons. The third kappa shape index (κ3) is 5.11. The molecule has 1 N–H and O–H groups in total. The van der Waals surface area contributed by atoms with Crippen molar-refractivity contribution in [1.82, 2.24) is 5.32 Å². The molecule has 0 aromatic carbocycles. The van der Waals surface area contributed by atoms with Crippen molar-refractivity contribution in [2.45, 2.75) is 51.7 Å². The molecule has 0 saturated heterocycles. The number of rotatable bonds is 4. The molecule has 0 bridgehead atoms. The summed E-state index contributed by atoms with van der Waals surface area (Å²) in [4.78, 5) is 12.0. The van der Waals surface area contributed by atoms with Gasteiger partial charge < -0.3 is 5.32 Å². The number of carbonyl (C=O) groups is 1. The van der Waals surface area contributed by atoms with Gasteiger partial charge in [-0.25, -0.2) is 0 Å². The highest BCUT2D eigenvalue weighted by Gasteiger charge is 2.42. The maximum absolute atomic E-state index is 12.5. The summed E-state index contributed by atoms with van der Waals surface area (Å²) in [6.45, 7) is 4.06. The molecule has 1 unspecified atom stereocenters. The van der Waals surface area contributed by atoms with E-state index in [1.54, 1.807) is 0 Å². The Bertz CT molecular complexity index is 299. The van der Waals surface area contributed by atoms with Crippen LogP contribution in [0.15, 0.2) is 0 Å². The number of hydrogen-bond donors (Lipinski definition) is 1. The molecule has 1 fully saturated rings. The summed E-state index contributed by atoms with van der Waals surface area (Å²) in [5.74, 6) is -1.20. The molecule has 1 rings (SSSR count). The van der Waals surface area contributed by atoms with E-state index in [0.29, 0.717) is 18.8 Å². The molecule has 1 saturated carbocycles. The van der Waals surface area contributed by atoms with E-state index in [1.807, 2.05) is 13.8 Å². The van der Waals surface area contributed by atoms with Gasteiger partial charge in [0, 0.05) is 16.4 Å². The van der Waals surface area contributed by atoms with E-state index in [2.05, 4.69) is 27.9 Å². The first-order chi connectivity index (χ1) is 8.75. The Kier molecular flexibility index (Phi) is 6.39. The minimum Gasteiger partial charge on any atom is -0.352 e. The lowest BCUT2D eigenvalue weighted by Crippen LogP contribution is -2.44. The number of carbonyl (C=O) groups excluding carboxylic acids is 1. The van der Waals surface area contributed by atoms with Crippen LogP contribution in [-0.4, -0.2) is 22.6 Å². The average Bonchev–Trinajstić information content (AvgIpc) is 2.34. The second-order valence-electron chi connectivity index (χ2n) is 5.60. The van der Waals surface area contributed by atoms with Gasteiger partial charge in [0.05, 0.1) is 5.92 Å². The van der Waals surface area contributed by atoms with Gasteiger partial charge in [-0.05, 0) is 31.6 Å². The van der Waals surface area contributed by atoms with Gasteiger partial charge in [0.15, 0.2) is 0 Å². The van der Waals surface area contributed by atoms with Crippen molar-refractivity contribution in [1.29, 1.82) is 0 Å². The molecule has 0 aromatic heterocycles. The zero-order valence-electron chi connectivity index (χ0n) is 11.3. The van der Waals surface area contributed by atoms with Crippen LogP contribution >= 0.6 is 22.6 Å². The van der Waals surface area contributed by atoms with Crippen LogP contribution in [0.4, 0.5) is 13.2 Å². The lowest BCUT2D eigenvalue weighted by molar-refractivity contribution is -0.184. The Morgan fingerprint density at radius 3 is 2.16 bits per heavy atom. The standard InChI is InChI=1S/C13H21F3INO/c1-8(2)11(7-17)18-12(19)9-3-5-10(6-4-9)13(14,15)16/h8-11H,3-7H2,1-2H3,(H,18,19). The smallest absolute Gasteiger partial charge is 0.352 e. The Morgan fingerprint density at radius 1 is 1.26 bits per heavy atom. The Morgan fingerprint density at radius 2 is 1.79 bits per heavy atom. The van der Waals surface area contributed by atoms with Gasteiger partial charge in [-0.3, -0.25) is 4.79 Å². The molecule has 1 aliphatic carbocycles. The highest BCUT2D eigenvalue weighted by Crippen LogP contribution is 2.39. The van der Waals surface area contributed by atoms with Crippen molar-refractivity contribution in [2.24, 2.45) is 17.8 Å². The second kappa shape index (κ2) is 7.13. The summed E-state index contributed by atoms with van der Waals surface area (Å²) >= 11 is 2.22. The van der Waals surface area contributed by atoms with E-state index in [1.165, 1.54) is 0 Å². The fourth-order valence-corrected chi connectivity index (χ4v) is 3.60. The molecular formula is C13H21F3INO. The van der Waals surface area contributed by atoms with E-state index in [9.17, 15) is 18.0 Å².